The van der Waals surface area contributed by atoms with Crippen molar-refractivity contribution in [3.63, 3.8) is 0 Å². The number of H-pyrrole nitrogens is 1. The van der Waals surface area contributed by atoms with E-state index in [1.807, 2.05) is 37.3 Å². The van der Waals surface area contributed by atoms with Crippen molar-refractivity contribution >= 4 is 21.8 Å². The predicted octanol–water partition coefficient (Wildman–Crippen LogP) is 4.79. The summed E-state index contributed by atoms with van der Waals surface area (Å²) < 4.78 is 13.7. The van der Waals surface area contributed by atoms with Crippen LogP contribution in [0.5, 0.6) is 0 Å². The molecule has 0 saturated carbocycles. The van der Waals surface area contributed by atoms with E-state index in [1.165, 1.54) is 6.07 Å². The van der Waals surface area contributed by atoms with E-state index in [4.69, 9.17) is 0 Å². The van der Waals surface area contributed by atoms with Crippen LogP contribution < -0.4 is 5.32 Å². The highest BCUT2D eigenvalue weighted by Gasteiger charge is 2.17. The lowest BCUT2D eigenvalue weighted by Crippen LogP contribution is -2.30. The van der Waals surface area contributed by atoms with Crippen LogP contribution in [0.25, 0.3) is 11.3 Å². The summed E-state index contributed by atoms with van der Waals surface area (Å²) in [4.78, 5) is 20.1. The molecule has 134 valence electrons. The van der Waals surface area contributed by atoms with E-state index in [9.17, 15) is 9.18 Å². The smallest absolute Gasteiger partial charge is 0.225 e. The van der Waals surface area contributed by atoms with Crippen molar-refractivity contribution in [2.75, 3.05) is 0 Å². The fourth-order valence-electron chi connectivity index (χ4n) is 2.72. The fraction of sp³-hybridized carbons (Fsp3) is 0.200. The van der Waals surface area contributed by atoms with Crippen LogP contribution >= 0.6 is 15.9 Å². The van der Waals surface area contributed by atoms with Gasteiger partial charge in [0.15, 0.2) is 0 Å². The number of aromatic amines is 1. The van der Waals surface area contributed by atoms with Crippen LogP contribution in [0.4, 0.5) is 4.39 Å². The van der Waals surface area contributed by atoms with Gasteiger partial charge in [-0.15, -0.1) is 0 Å². The highest BCUT2D eigenvalue weighted by Crippen LogP contribution is 2.21. The third-order valence-electron chi connectivity index (χ3n) is 4.10. The van der Waals surface area contributed by atoms with Crippen molar-refractivity contribution in [1.29, 1.82) is 0 Å². The van der Waals surface area contributed by atoms with Gasteiger partial charge in [0.1, 0.15) is 11.6 Å². The number of imidazole rings is 1. The summed E-state index contributed by atoms with van der Waals surface area (Å²) in [7, 11) is 0. The number of hydrogen-bond acceptors (Lipinski definition) is 2. The first-order chi connectivity index (χ1) is 12.6. The van der Waals surface area contributed by atoms with Crippen LogP contribution in [0.1, 0.15) is 30.8 Å². The number of hydrogen-bond donors (Lipinski definition) is 2. The molecule has 3 aromatic rings. The van der Waals surface area contributed by atoms with Gasteiger partial charge in [-0.05, 0) is 45.6 Å². The first kappa shape index (κ1) is 18.3. The highest BCUT2D eigenvalue weighted by atomic mass is 79.9. The molecule has 26 heavy (non-hydrogen) atoms. The number of amides is 1. The van der Waals surface area contributed by atoms with Gasteiger partial charge >= 0.3 is 0 Å². The molecule has 0 radical (unpaired) electrons. The molecule has 0 saturated heterocycles. The second-order valence-corrected chi connectivity index (χ2v) is 6.86. The van der Waals surface area contributed by atoms with E-state index < -0.39 is 0 Å². The molecule has 0 spiro atoms. The Kier molecular flexibility index (Phi) is 5.83. The van der Waals surface area contributed by atoms with Crippen molar-refractivity contribution in [2.45, 2.75) is 25.8 Å². The average Bonchev–Trinajstić information content (AvgIpc) is 3.13. The van der Waals surface area contributed by atoms with Crippen molar-refractivity contribution in [2.24, 2.45) is 0 Å². The second kappa shape index (κ2) is 8.27. The number of benzene rings is 2. The molecule has 0 aliphatic rings. The lowest BCUT2D eigenvalue weighted by atomic mass is 10.1. The van der Waals surface area contributed by atoms with Gasteiger partial charge in [-0.25, -0.2) is 9.37 Å². The molecule has 4 nitrogen and oxygen atoms in total. The zero-order valence-electron chi connectivity index (χ0n) is 14.3. The normalized spacial score (nSPS) is 12.0. The van der Waals surface area contributed by atoms with Crippen LogP contribution in [-0.2, 0) is 11.2 Å². The van der Waals surface area contributed by atoms with E-state index in [-0.39, 0.29) is 24.2 Å². The van der Waals surface area contributed by atoms with E-state index >= 15 is 0 Å². The Morgan fingerprint density at radius 1 is 1.27 bits per heavy atom. The molecule has 1 aromatic heterocycles. The molecule has 1 heterocycles. The minimum Gasteiger partial charge on any atom is -0.346 e. The van der Waals surface area contributed by atoms with Crippen LogP contribution in [0.3, 0.4) is 0 Å². The van der Waals surface area contributed by atoms with E-state index in [2.05, 4.69) is 31.2 Å². The molecular weight excluding hydrogens is 397 g/mol. The minimum atomic E-state index is -0.343. The van der Waals surface area contributed by atoms with Crippen LogP contribution in [0, 0.1) is 5.82 Å². The monoisotopic (exact) mass is 415 g/mol. The van der Waals surface area contributed by atoms with E-state index in [0.717, 1.165) is 22.6 Å². The highest BCUT2D eigenvalue weighted by molar-refractivity contribution is 9.10. The average molecular weight is 416 g/mol. The Balaban J connectivity index is 1.68. The lowest BCUT2D eigenvalue weighted by Gasteiger charge is -2.15. The number of aromatic nitrogens is 2. The lowest BCUT2D eigenvalue weighted by molar-refractivity contribution is -0.121. The zero-order valence-corrected chi connectivity index (χ0v) is 15.9. The molecule has 0 aliphatic heterocycles. The molecule has 3 rings (SSSR count). The van der Waals surface area contributed by atoms with Crippen molar-refractivity contribution in [1.82, 2.24) is 15.3 Å². The first-order valence-electron chi connectivity index (χ1n) is 8.40. The topological polar surface area (TPSA) is 57.8 Å². The Labute approximate surface area is 160 Å². The molecule has 0 bridgehead atoms. The predicted molar refractivity (Wildman–Crippen MR) is 103 cm³/mol. The van der Waals surface area contributed by atoms with Gasteiger partial charge in [0, 0.05) is 0 Å². The number of carbonyl (C=O) groups is 1. The summed E-state index contributed by atoms with van der Waals surface area (Å²) >= 11 is 3.14. The molecule has 1 amide bonds. The maximum Gasteiger partial charge on any atom is 0.225 e. The summed E-state index contributed by atoms with van der Waals surface area (Å²) in [6, 6.07) is 14.3. The van der Waals surface area contributed by atoms with Gasteiger partial charge in [0.2, 0.25) is 5.91 Å². The number of nitrogens with one attached hydrogen (secondary N) is 2. The largest absolute Gasteiger partial charge is 0.346 e. The summed E-state index contributed by atoms with van der Waals surface area (Å²) in [6.07, 6.45) is 2.67. The maximum absolute atomic E-state index is 13.3. The Bertz CT molecular complexity index is 895. The summed E-state index contributed by atoms with van der Waals surface area (Å²) in [5.41, 5.74) is 2.70. The van der Waals surface area contributed by atoms with Gasteiger partial charge in [-0.2, -0.15) is 0 Å². The molecular formula is C20H19BrFN3O. The molecule has 2 N–H and O–H groups in total. The fourth-order valence-corrected chi connectivity index (χ4v) is 3.15. The van der Waals surface area contributed by atoms with Crippen LogP contribution in [-0.4, -0.2) is 15.9 Å². The van der Waals surface area contributed by atoms with Crippen molar-refractivity contribution < 1.29 is 9.18 Å². The van der Waals surface area contributed by atoms with Gasteiger partial charge in [-0.3, -0.25) is 4.79 Å². The number of halogens is 2. The Hall–Kier alpha value is -2.47. The van der Waals surface area contributed by atoms with Gasteiger partial charge < -0.3 is 10.3 Å². The number of nitrogens with zero attached hydrogens (tertiary/aromatic N) is 1. The van der Waals surface area contributed by atoms with Gasteiger partial charge in [0.25, 0.3) is 0 Å². The van der Waals surface area contributed by atoms with Crippen LogP contribution in [0.15, 0.2) is 59.2 Å². The Morgan fingerprint density at radius 2 is 2.04 bits per heavy atom. The molecule has 1 atom stereocenters. The number of rotatable bonds is 6. The van der Waals surface area contributed by atoms with Crippen molar-refractivity contribution in [3.05, 3.63) is 76.4 Å². The molecule has 1 unspecified atom stereocenters. The van der Waals surface area contributed by atoms with Crippen LogP contribution in [0.2, 0.25) is 0 Å². The molecule has 0 aliphatic carbocycles. The quantitative estimate of drug-likeness (QED) is 0.607. The third-order valence-corrected chi connectivity index (χ3v) is 4.71. The SMILES string of the molecule is CCC(NC(=O)Cc1ccc(F)c(Br)c1)c1ncc(-c2ccccc2)[nH]1. The number of carbonyl (C=O) groups excluding carboxylic acids is 1. The Morgan fingerprint density at radius 3 is 2.73 bits per heavy atom. The van der Waals surface area contributed by atoms with Gasteiger partial charge in [0.05, 0.1) is 28.8 Å². The molecule has 2 aromatic carbocycles. The first-order valence-corrected chi connectivity index (χ1v) is 9.19. The summed E-state index contributed by atoms with van der Waals surface area (Å²) in [5, 5.41) is 2.99. The van der Waals surface area contributed by atoms with Gasteiger partial charge in [-0.1, -0.05) is 43.3 Å². The van der Waals surface area contributed by atoms with E-state index in [1.54, 1.807) is 18.3 Å². The summed E-state index contributed by atoms with van der Waals surface area (Å²) in [5.74, 6) is 0.248. The second-order valence-electron chi connectivity index (χ2n) is 6.00. The zero-order chi connectivity index (χ0) is 18.5. The van der Waals surface area contributed by atoms with Crippen molar-refractivity contribution in [3.8, 4) is 11.3 Å². The maximum atomic E-state index is 13.3. The molecule has 0 fully saturated rings. The standard InChI is InChI=1S/C20H19BrFN3O/c1-2-17(20-23-12-18(25-20)14-6-4-3-5-7-14)24-19(26)11-13-8-9-16(22)15(21)10-13/h3-10,12,17H,2,11H2,1H3,(H,23,25)(H,24,26). The van der Waals surface area contributed by atoms with E-state index in [0.29, 0.717) is 10.9 Å². The minimum absolute atomic E-state index is 0.131. The molecule has 6 heteroatoms. The summed E-state index contributed by atoms with van der Waals surface area (Å²) in [6.45, 7) is 1.99. The third kappa shape index (κ3) is 4.38.